The quantitative estimate of drug-likeness (QED) is 0.562. The minimum atomic E-state index is -0.436. The number of hydrogen-bond acceptors (Lipinski definition) is 8. The maximum Gasteiger partial charge on any atom is 0.350 e. The highest BCUT2D eigenvalue weighted by Crippen LogP contribution is 2.36. The number of halogens is 1. The smallest absolute Gasteiger partial charge is 0.350 e. The van der Waals surface area contributed by atoms with E-state index in [1.54, 1.807) is 25.4 Å². The zero-order valence-electron chi connectivity index (χ0n) is 14.3. The number of ether oxygens (including phenoxy) is 3. The minimum absolute atomic E-state index is 0.102. The molecular formula is C18H14BrN3O4S. The maximum absolute atomic E-state index is 12.5. The topological polar surface area (TPSA) is 83.4 Å². The van der Waals surface area contributed by atoms with Gasteiger partial charge < -0.3 is 14.2 Å². The molecular weight excluding hydrogens is 434 g/mol. The second-order valence-corrected chi connectivity index (χ2v) is 7.52. The maximum atomic E-state index is 12.5. The number of aromatic nitrogens is 3. The first-order valence-electron chi connectivity index (χ1n) is 8.12. The third-order valence-electron chi connectivity index (χ3n) is 3.81. The van der Waals surface area contributed by atoms with Gasteiger partial charge in [0.05, 0.1) is 5.69 Å². The van der Waals surface area contributed by atoms with Crippen molar-refractivity contribution in [1.82, 2.24) is 15.0 Å². The number of hydrogen-bond donors (Lipinski definition) is 0. The summed E-state index contributed by atoms with van der Waals surface area (Å²) in [6.45, 7) is 2.88. The van der Waals surface area contributed by atoms with Crippen LogP contribution in [0.15, 0.2) is 35.1 Å². The lowest BCUT2D eigenvalue weighted by Crippen LogP contribution is -2.15. The molecule has 0 radical (unpaired) electrons. The van der Waals surface area contributed by atoms with Gasteiger partial charge >= 0.3 is 5.97 Å². The molecule has 0 unspecified atom stereocenters. The molecule has 7 nitrogen and oxygen atoms in total. The summed E-state index contributed by atoms with van der Waals surface area (Å²) in [4.78, 5) is 25.7. The Balaban J connectivity index is 1.50. The molecule has 0 saturated heterocycles. The molecule has 138 valence electrons. The number of thiazole rings is 1. The zero-order chi connectivity index (χ0) is 18.8. The molecule has 0 fully saturated rings. The minimum Gasteiger partial charge on any atom is -0.486 e. The highest BCUT2D eigenvalue weighted by atomic mass is 79.9. The summed E-state index contributed by atoms with van der Waals surface area (Å²) < 4.78 is 17.4. The van der Waals surface area contributed by atoms with Crippen LogP contribution < -0.4 is 9.47 Å². The van der Waals surface area contributed by atoms with Gasteiger partial charge in [-0.05, 0) is 25.1 Å². The summed E-state index contributed by atoms with van der Waals surface area (Å²) in [5.41, 5.74) is 1.38. The summed E-state index contributed by atoms with van der Waals surface area (Å²) in [7, 11) is 0. The van der Waals surface area contributed by atoms with Crippen molar-refractivity contribution in [2.75, 3.05) is 13.2 Å². The summed E-state index contributed by atoms with van der Waals surface area (Å²) in [5, 5.41) is 0.584. The molecule has 1 aromatic carbocycles. The van der Waals surface area contributed by atoms with E-state index in [-0.39, 0.29) is 6.61 Å². The molecule has 0 spiro atoms. The predicted octanol–water partition coefficient (Wildman–Crippen LogP) is 3.80. The number of rotatable bonds is 4. The Kier molecular flexibility index (Phi) is 5.04. The second-order valence-electron chi connectivity index (χ2n) is 5.67. The van der Waals surface area contributed by atoms with E-state index < -0.39 is 5.97 Å². The van der Waals surface area contributed by atoms with Crippen LogP contribution in [0, 0.1) is 6.92 Å². The first-order chi connectivity index (χ1) is 13.1. The van der Waals surface area contributed by atoms with E-state index in [4.69, 9.17) is 14.2 Å². The van der Waals surface area contributed by atoms with Crippen LogP contribution in [0.5, 0.6) is 11.5 Å². The number of fused-ring (bicyclic) bond motifs is 1. The van der Waals surface area contributed by atoms with Crippen LogP contribution in [-0.4, -0.2) is 34.1 Å². The third kappa shape index (κ3) is 3.79. The summed E-state index contributed by atoms with van der Waals surface area (Å²) in [6, 6.07) is 5.36. The largest absolute Gasteiger partial charge is 0.486 e. The Morgan fingerprint density at radius 2 is 1.93 bits per heavy atom. The lowest BCUT2D eigenvalue weighted by atomic mass is 10.2. The number of carbonyl (C=O) groups excluding carboxylic acids is 1. The van der Waals surface area contributed by atoms with Gasteiger partial charge in [-0.25, -0.2) is 19.7 Å². The number of carbonyl (C=O) groups is 1. The van der Waals surface area contributed by atoms with Gasteiger partial charge in [-0.2, -0.15) is 0 Å². The highest BCUT2D eigenvalue weighted by molar-refractivity contribution is 9.10. The van der Waals surface area contributed by atoms with Crippen molar-refractivity contribution in [2.24, 2.45) is 0 Å². The van der Waals surface area contributed by atoms with Crippen LogP contribution in [0.2, 0.25) is 0 Å². The van der Waals surface area contributed by atoms with Crippen molar-refractivity contribution in [3.63, 3.8) is 0 Å². The molecule has 1 aliphatic rings. The second kappa shape index (κ2) is 7.61. The van der Waals surface area contributed by atoms with E-state index in [0.717, 1.165) is 10.0 Å². The van der Waals surface area contributed by atoms with Gasteiger partial charge in [-0.3, -0.25) is 0 Å². The van der Waals surface area contributed by atoms with Crippen molar-refractivity contribution in [3.05, 3.63) is 51.2 Å². The average molecular weight is 448 g/mol. The zero-order valence-corrected chi connectivity index (χ0v) is 16.7. The summed E-state index contributed by atoms with van der Waals surface area (Å²) in [6.07, 6.45) is 3.27. The average Bonchev–Trinajstić information content (AvgIpc) is 3.08. The van der Waals surface area contributed by atoms with Crippen molar-refractivity contribution in [3.8, 4) is 22.3 Å². The standard InChI is InChI=1S/C18H14BrN3O4S/c1-10-15(27-17(22-10)16-20-3-2-4-21-16)18(23)26-9-11-7-13-14(8-12(11)19)25-6-5-24-13/h2-4,7-8H,5-6,9H2,1H3. The molecule has 0 aliphatic carbocycles. The fourth-order valence-corrected chi connectivity index (χ4v) is 3.86. The number of aryl methyl sites for hydroxylation is 1. The number of esters is 1. The van der Waals surface area contributed by atoms with Crippen LogP contribution in [0.25, 0.3) is 10.8 Å². The monoisotopic (exact) mass is 447 g/mol. The Morgan fingerprint density at radius 3 is 2.67 bits per heavy atom. The van der Waals surface area contributed by atoms with Gasteiger partial charge in [0.25, 0.3) is 0 Å². The van der Waals surface area contributed by atoms with E-state index in [0.29, 0.717) is 46.1 Å². The van der Waals surface area contributed by atoms with Gasteiger partial charge in [-0.1, -0.05) is 15.9 Å². The Hall–Kier alpha value is -2.52. The molecule has 2 aromatic heterocycles. The molecule has 4 rings (SSSR count). The molecule has 0 atom stereocenters. The van der Waals surface area contributed by atoms with Crippen molar-refractivity contribution in [2.45, 2.75) is 13.5 Å². The fourth-order valence-electron chi connectivity index (χ4n) is 2.52. The van der Waals surface area contributed by atoms with Gasteiger partial charge in [-0.15, -0.1) is 11.3 Å². The number of nitrogens with zero attached hydrogens (tertiary/aromatic N) is 3. The van der Waals surface area contributed by atoms with E-state index >= 15 is 0 Å². The highest BCUT2D eigenvalue weighted by Gasteiger charge is 2.20. The molecule has 27 heavy (non-hydrogen) atoms. The van der Waals surface area contributed by atoms with Crippen LogP contribution in [0.3, 0.4) is 0 Å². The molecule has 9 heteroatoms. The molecule has 0 N–H and O–H groups in total. The van der Waals surface area contributed by atoms with E-state index in [2.05, 4.69) is 30.9 Å². The molecule has 0 saturated carbocycles. The molecule has 0 amide bonds. The van der Waals surface area contributed by atoms with E-state index in [1.165, 1.54) is 11.3 Å². The van der Waals surface area contributed by atoms with E-state index in [1.807, 2.05) is 12.1 Å². The molecule has 1 aliphatic heterocycles. The lowest BCUT2D eigenvalue weighted by molar-refractivity contribution is 0.0476. The predicted molar refractivity (Wildman–Crippen MR) is 102 cm³/mol. The van der Waals surface area contributed by atoms with Gasteiger partial charge in [0.2, 0.25) is 0 Å². The van der Waals surface area contributed by atoms with Crippen LogP contribution in [0.4, 0.5) is 0 Å². The van der Waals surface area contributed by atoms with Crippen molar-refractivity contribution in [1.29, 1.82) is 0 Å². The Morgan fingerprint density at radius 1 is 1.22 bits per heavy atom. The molecule has 3 heterocycles. The Labute approximate surface area is 167 Å². The third-order valence-corrected chi connectivity index (χ3v) is 5.68. The first-order valence-corrected chi connectivity index (χ1v) is 9.72. The van der Waals surface area contributed by atoms with Crippen LogP contribution >= 0.6 is 27.3 Å². The van der Waals surface area contributed by atoms with Gasteiger partial charge in [0, 0.05) is 22.4 Å². The van der Waals surface area contributed by atoms with Crippen molar-refractivity contribution >= 4 is 33.2 Å². The normalized spacial score (nSPS) is 12.7. The summed E-state index contributed by atoms with van der Waals surface area (Å²) >= 11 is 4.69. The SMILES string of the molecule is Cc1nc(-c2ncccn2)sc1C(=O)OCc1cc2c(cc1Br)OCCO2. The first kappa shape index (κ1) is 17.9. The van der Waals surface area contributed by atoms with Crippen molar-refractivity contribution < 1.29 is 19.0 Å². The summed E-state index contributed by atoms with van der Waals surface area (Å²) in [5.74, 6) is 1.37. The van der Waals surface area contributed by atoms with Gasteiger partial charge in [0.15, 0.2) is 22.3 Å². The van der Waals surface area contributed by atoms with Gasteiger partial charge in [0.1, 0.15) is 24.7 Å². The van der Waals surface area contributed by atoms with Crippen LogP contribution in [-0.2, 0) is 11.3 Å². The molecule has 0 bridgehead atoms. The van der Waals surface area contributed by atoms with E-state index in [9.17, 15) is 4.79 Å². The number of benzene rings is 1. The Bertz CT molecular complexity index is 994. The molecule has 3 aromatic rings. The lowest BCUT2D eigenvalue weighted by Gasteiger charge is -2.19. The fraction of sp³-hybridized carbons (Fsp3) is 0.222. The van der Waals surface area contributed by atoms with Crippen LogP contribution in [0.1, 0.15) is 20.9 Å².